The van der Waals surface area contributed by atoms with E-state index in [1.807, 2.05) is 35.2 Å². The highest BCUT2D eigenvalue weighted by atomic mass is 79.9. The number of imidazole rings is 1. The van der Waals surface area contributed by atoms with Crippen molar-refractivity contribution >= 4 is 33.0 Å². The maximum Gasteiger partial charge on any atom is 0.332 e. The first-order valence-corrected chi connectivity index (χ1v) is 9.83. The number of halogens is 1. The molecule has 8 nitrogen and oxygen atoms in total. The summed E-state index contributed by atoms with van der Waals surface area (Å²) in [5.74, 6) is -0.0699. The molecule has 1 fully saturated rings. The van der Waals surface area contributed by atoms with Crippen molar-refractivity contribution in [2.24, 2.45) is 14.1 Å². The van der Waals surface area contributed by atoms with E-state index in [0.717, 1.165) is 23.0 Å². The van der Waals surface area contributed by atoms with Gasteiger partial charge in [0.25, 0.3) is 5.56 Å². The van der Waals surface area contributed by atoms with Crippen LogP contribution in [0, 0.1) is 0 Å². The smallest absolute Gasteiger partial charge is 0.332 e. The molecule has 4 rings (SSSR count). The number of hydrogen-bond donors (Lipinski definition) is 0. The molecule has 0 N–H and O–H groups in total. The van der Waals surface area contributed by atoms with Gasteiger partial charge >= 0.3 is 5.69 Å². The maximum atomic E-state index is 13.1. The summed E-state index contributed by atoms with van der Waals surface area (Å²) in [4.78, 5) is 44.0. The van der Waals surface area contributed by atoms with Crippen LogP contribution in [-0.4, -0.2) is 35.5 Å². The predicted octanol–water partition coefficient (Wildman–Crippen LogP) is 1.39. The normalized spacial score (nSPS) is 13.8. The summed E-state index contributed by atoms with van der Waals surface area (Å²) in [6, 6.07) is 10.1. The van der Waals surface area contributed by atoms with Crippen LogP contribution in [0.3, 0.4) is 0 Å². The van der Waals surface area contributed by atoms with Gasteiger partial charge in [-0.05, 0) is 34.3 Å². The van der Waals surface area contributed by atoms with Crippen molar-refractivity contribution in [2.75, 3.05) is 0 Å². The number of amides is 1. The summed E-state index contributed by atoms with van der Waals surface area (Å²) in [5.41, 5.74) is 0.628. The predicted molar refractivity (Wildman–Crippen MR) is 108 cm³/mol. The van der Waals surface area contributed by atoms with Gasteiger partial charge in [0.2, 0.25) is 5.91 Å². The Bertz CT molecular complexity index is 1170. The highest BCUT2D eigenvalue weighted by Gasteiger charge is 2.33. The Morgan fingerprint density at radius 2 is 1.86 bits per heavy atom. The van der Waals surface area contributed by atoms with Crippen molar-refractivity contribution in [1.82, 2.24) is 23.6 Å². The summed E-state index contributed by atoms with van der Waals surface area (Å²) in [6.45, 7) is 0.538. The summed E-state index contributed by atoms with van der Waals surface area (Å²) in [7, 11) is 2.98. The summed E-state index contributed by atoms with van der Waals surface area (Å²) < 4.78 is 4.30. The minimum Gasteiger partial charge on any atom is -0.334 e. The van der Waals surface area contributed by atoms with Gasteiger partial charge in [0, 0.05) is 26.7 Å². The Kier molecular flexibility index (Phi) is 4.70. The van der Waals surface area contributed by atoms with Gasteiger partial charge in [-0.1, -0.05) is 30.3 Å². The molecule has 0 atom stereocenters. The fourth-order valence-corrected chi connectivity index (χ4v) is 3.89. The molecule has 1 aliphatic carbocycles. The molecule has 1 saturated carbocycles. The van der Waals surface area contributed by atoms with Crippen molar-refractivity contribution in [3.8, 4) is 0 Å². The molecule has 28 heavy (non-hydrogen) atoms. The van der Waals surface area contributed by atoms with Gasteiger partial charge in [-0.25, -0.2) is 9.78 Å². The maximum absolute atomic E-state index is 13.1. The molecule has 0 radical (unpaired) electrons. The second kappa shape index (κ2) is 7.05. The minimum absolute atomic E-state index is 0.000858. The van der Waals surface area contributed by atoms with Gasteiger partial charge in [0.1, 0.15) is 6.54 Å². The molecule has 3 aromatic rings. The minimum atomic E-state index is -0.478. The van der Waals surface area contributed by atoms with Crippen molar-refractivity contribution in [1.29, 1.82) is 0 Å². The van der Waals surface area contributed by atoms with Crippen LogP contribution >= 0.6 is 15.9 Å². The first-order chi connectivity index (χ1) is 13.4. The monoisotopic (exact) mass is 445 g/mol. The van der Waals surface area contributed by atoms with E-state index < -0.39 is 11.2 Å². The molecule has 0 unspecified atom stereocenters. The summed E-state index contributed by atoms with van der Waals surface area (Å²) >= 11 is 3.34. The summed E-state index contributed by atoms with van der Waals surface area (Å²) in [5, 5.41) is 0. The summed E-state index contributed by atoms with van der Waals surface area (Å²) in [6.07, 6.45) is 1.98. The average molecular weight is 446 g/mol. The van der Waals surface area contributed by atoms with Crippen LogP contribution in [0.15, 0.2) is 44.7 Å². The second-order valence-electron chi connectivity index (χ2n) is 7.08. The van der Waals surface area contributed by atoms with Crippen LogP contribution in [0.4, 0.5) is 0 Å². The highest BCUT2D eigenvalue weighted by Crippen LogP contribution is 2.29. The lowest BCUT2D eigenvalue weighted by Gasteiger charge is -2.23. The SMILES string of the molecule is Cn1c(=O)c2nc(Br)n(CC(=O)N(Cc3ccccc3)C3CC3)c2n(C)c1=O. The third kappa shape index (κ3) is 3.19. The van der Waals surface area contributed by atoms with Crippen molar-refractivity contribution in [3.05, 3.63) is 61.5 Å². The van der Waals surface area contributed by atoms with E-state index >= 15 is 0 Å². The Balaban J connectivity index is 1.71. The quantitative estimate of drug-likeness (QED) is 0.555. The van der Waals surface area contributed by atoms with E-state index in [-0.39, 0.29) is 24.0 Å². The molecule has 0 bridgehead atoms. The number of carbonyl (C=O) groups excluding carboxylic acids is 1. The Labute approximate surface area is 169 Å². The Morgan fingerprint density at radius 1 is 1.18 bits per heavy atom. The van der Waals surface area contributed by atoms with Crippen molar-refractivity contribution in [3.63, 3.8) is 0 Å². The molecule has 1 aliphatic rings. The van der Waals surface area contributed by atoms with E-state index in [9.17, 15) is 14.4 Å². The zero-order chi connectivity index (χ0) is 20.0. The highest BCUT2D eigenvalue weighted by molar-refractivity contribution is 9.10. The van der Waals surface area contributed by atoms with Gasteiger partial charge in [-0.15, -0.1) is 0 Å². The van der Waals surface area contributed by atoms with Gasteiger partial charge in [0.05, 0.1) is 0 Å². The molecule has 146 valence electrons. The van der Waals surface area contributed by atoms with Gasteiger partial charge < -0.3 is 4.90 Å². The lowest BCUT2D eigenvalue weighted by atomic mass is 10.2. The number of fused-ring (bicyclic) bond motifs is 1. The Hall–Kier alpha value is -2.68. The number of carbonyl (C=O) groups is 1. The number of benzene rings is 1. The van der Waals surface area contributed by atoms with Crippen LogP contribution in [-0.2, 0) is 32.0 Å². The Morgan fingerprint density at radius 3 is 2.50 bits per heavy atom. The van der Waals surface area contributed by atoms with Crippen molar-refractivity contribution < 1.29 is 4.79 Å². The molecule has 1 aromatic carbocycles. The lowest BCUT2D eigenvalue weighted by Crippen LogP contribution is -2.38. The van der Waals surface area contributed by atoms with E-state index in [1.165, 1.54) is 11.6 Å². The van der Waals surface area contributed by atoms with E-state index in [4.69, 9.17) is 0 Å². The lowest BCUT2D eigenvalue weighted by molar-refractivity contribution is -0.133. The standard InChI is InChI=1S/C19H20BrN5O3/c1-22-16-15(17(27)23(2)19(22)28)21-18(20)25(16)11-14(26)24(13-8-9-13)10-12-6-4-3-5-7-12/h3-7,13H,8-11H2,1-2H3. The molecule has 9 heteroatoms. The van der Waals surface area contributed by atoms with Crippen LogP contribution in [0.5, 0.6) is 0 Å². The number of aromatic nitrogens is 4. The second-order valence-corrected chi connectivity index (χ2v) is 7.79. The first kappa shape index (κ1) is 18.7. The van der Waals surface area contributed by atoms with E-state index in [0.29, 0.717) is 16.9 Å². The number of rotatable bonds is 5. The van der Waals surface area contributed by atoms with Crippen molar-refractivity contribution in [2.45, 2.75) is 32.0 Å². The first-order valence-electron chi connectivity index (χ1n) is 9.03. The number of aryl methyl sites for hydroxylation is 1. The van der Waals surface area contributed by atoms with Gasteiger partial charge in [-0.3, -0.25) is 23.3 Å². The van der Waals surface area contributed by atoms with E-state index in [2.05, 4.69) is 20.9 Å². The molecule has 2 heterocycles. The fourth-order valence-electron chi connectivity index (χ4n) is 3.42. The zero-order valence-electron chi connectivity index (χ0n) is 15.6. The van der Waals surface area contributed by atoms with Crippen LogP contribution in [0.25, 0.3) is 11.2 Å². The van der Waals surface area contributed by atoms with Crippen LogP contribution in [0.2, 0.25) is 0 Å². The number of nitrogens with zero attached hydrogens (tertiary/aromatic N) is 5. The third-order valence-electron chi connectivity index (χ3n) is 5.09. The molecular weight excluding hydrogens is 426 g/mol. The molecule has 0 spiro atoms. The number of hydrogen-bond acceptors (Lipinski definition) is 4. The van der Waals surface area contributed by atoms with Crippen LogP contribution in [0.1, 0.15) is 18.4 Å². The molecule has 1 amide bonds. The molecular formula is C19H20BrN5O3. The van der Waals surface area contributed by atoms with Gasteiger partial charge in [0.15, 0.2) is 15.9 Å². The average Bonchev–Trinajstić information content (AvgIpc) is 3.48. The zero-order valence-corrected chi connectivity index (χ0v) is 17.2. The largest absolute Gasteiger partial charge is 0.334 e. The van der Waals surface area contributed by atoms with Gasteiger partial charge in [-0.2, -0.15) is 0 Å². The molecule has 2 aromatic heterocycles. The molecule has 0 aliphatic heterocycles. The van der Waals surface area contributed by atoms with E-state index in [1.54, 1.807) is 11.6 Å². The molecule has 0 saturated heterocycles. The fraction of sp³-hybridized carbons (Fsp3) is 0.368. The topological polar surface area (TPSA) is 82.1 Å². The third-order valence-corrected chi connectivity index (χ3v) is 5.70. The van der Waals surface area contributed by atoms with Crippen LogP contribution < -0.4 is 11.2 Å².